The van der Waals surface area contributed by atoms with Crippen molar-refractivity contribution in [2.45, 2.75) is 47.7 Å². The maximum absolute atomic E-state index is 12.4. The number of hydrazine groups is 1. The summed E-state index contributed by atoms with van der Waals surface area (Å²) in [5.41, 5.74) is 8.32. The first-order valence-electron chi connectivity index (χ1n) is 10.2. The number of hydrogen-bond donors (Lipinski definition) is 2. The lowest BCUT2D eigenvalue weighted by Crippen LogP contribution is -2.40. The van der Waals surface area contributed by atoms with Gasteiger partial charge in [-0.25, -0.2) is 4.98 Å². The van der Waals surface area contributed by atoms with Gasteiger partial charge in [-0.1, -0.05) is 25.4 Å². The van der Waals surface area contributed by atoms with E-state index in [4.69, 9.17) is 11.6 Å². The average Bonchev–Trinajstić information content (AvgIpc) is 3.17. The Hall–Kier alpha value is -3.13. The molecule has 1 aromatic carbocycles. The average molecular weight is 443 g/mol. The highest BCUT2D eigenvalue weighted by Gasteiger charge is 2.13. The van der Waals surface area contributed by atoms with Crippen molar-refractivity contribution < 1.29 is 9.59 Å². The van der Waals surface area contributed by atoms with Gasteiger partial charge >= 0.3 is 0 Å². The molecule has 0 unspecified atom stereocenters. The zero-order chi connectivity index (χ0) is 22.7. The molecular formula is C22H27ClN6O2. The molecule has 0 aliphatic carbocycles. The van der Waals surface area contributed by atoms with Crippen LogP contribution >= 0.6 is 11.6 Å². The number of nitrogens with zero attached hydrogens (tertiary/aromatic N) is 4. The van der Waals surface area contributed by atoms with Gasteiger partial charge in [0.15, 0.2) is 0 Å². The summed E-state index contributed by atoms with van der Waals surface area (Å²) in [5.74, 6) is 0.379. The number of imidazole rings is 1. The minimum Gasteiger partial charge on any atom is -0.329 e. The third kappa shape index (κ3) is 4.96. The fourth-order valence-electron chi connectivity index (χ4n) is 3.41. The van der Waals surface area contributed by atoms with Crippen LogP contribution in [0.15, 0.2) is 24.3 Å². The fourth-order valence-corrected chi connectivity index (χ4v) is 3.71. The highest BCUT2D eigenvalue weighted by atomic mass is 35.5. The summed E-state index contributed by atoms with van der Waals surface area (Å²) in [6.07, 6.45) is 2.90. The zero-order valence-electron chi connectivity index (χ0n) is 18.4. The molecule has 3 aromatic rings. The molecule has 0 spiro atoms. The second-order valence-corrected chi connectivity index (χ2v) is 8.11. The molecule has 0 saturated heterocycles. The number of aryl methyl sites for hydroxylation is 3. The van der Waals surface area contributed by atoms with Gasteiger partial charge in [-0.05, 0) is 51.0 Å². The molecule has 0 atom stereocenters. The van der Waals surface area contributed by atoms with Crippen LogP contribution in [0.25, 0.3) is 17.1 Å². The topological polar surface area (TPSA) is 93.8 Å². The SMILES string of the molecule is CCn1c(C)nc2cc(C(=O)NNC(=O)C=Cc3c(C)nn(CC(C)C)c3Cl)ccc21. The molecule has 9 heteroatoms. The number of benzene rings is 1. The summed E-state index contributed by atoms with van der Waals surface area (Å²) in [6, 6.07) is 5.27. The lowest BCUT2D eigenvalue weighted by atomic mass is 10.2. The van der Waals surface area contributed by atoms with Gasteiger partial charge in [-0.2, -0.15) is 5.10 Å². The van der Waals surface area contributed by atoms with Crippen LogP contribution in [0.2, 0.25) is 5.15 Å². The van der Waals surface area contributed by atoms with Crippen LogP contribution < -0.4 is 10.9 Å². The summed E-state index contributed by atoms with van der Waals surface area (Å²) < 4.78 is 3.79. The van der Waals surface area contributed by atoms with E-state index in [0.717, 1.165) is 29.1 Å². The Morgan fingerprint density at radius 2 is 1.97 bits per heavy atom. The fraction of sp³-hybridized carbons (Fsp3) is 0.364. The summed E-state index contributed by atoms with van der Waals surface area (Å²) in [4.78, 5) is 29.1. The molecule has 2 amide bonds. The normalized spacial score (nSPS) is 11.6. The van der Waals surface area contributed by atoms with Crippen molar-refractivity contribution in [2.75, 3.05) is 0 Å². The van der Waals surface area contributed by atoms with E-state index < -0.39 is 11.8 Å². The van der Waals surface area contributed by atoms with Crippen LogP contribution in [0.1, 0.15) is 48.2 Å². The van der Waals surface area contributed by atoms with E-state index in [-0.39, 0.29) is 0 Å². The van der Waals surface area contributed by atoms with Crippen molar-refractivity contribution in [3.8, 4) is 0 Å². The molecule has 0 bridgehead atoms. The lowest BCUT2D eigenvalue weighted by molar-refractivity contribution is -0.117. The van der Waals surface area contributed by atoms with Crippen LogP contribution in [0.5, 0.6) is 0 Å². The van der Waals surface area contributed by atoms with E-state index in [1.54, 1.807) is 22.9 Å². The number of carbonyl (C=O) groups excluding carboxylic acids is 2. The predicted octanol–water partition coefficient (Wildman–Crippen LogP) is 3.65. The lowest BCUT2D eigenvalue weighted by Gasteiger charge is -2.06. The Kier molecular flexibility index (Phi) is 6.80. The second-order valence-electron chi connectivity index (χ2n) is 7.75. The van der Waals surface area contributed by atoms with Gasteiger partial charge < -0.3 is 4.57 Å². The van der Waals surface area contributed by atoms with E-state index in [0.29, 0.717) is 28.7 Å². The minimum absolute atomic E-state index is 0.394. The van der Waals surface area contributed by atoms with E-state index in [1.165, 1.54) is 6.08 Å². The Bertz CT molecular complexity index is 1160. The van der Waals surface area contributed by atoms with E-state index in [2.05, 4.69) is 39.3 Å². The van der Waals surface area contributed by atoms with Crippen LogP contribution in [-0.2, 0) is 17.9 Å². The Balaban J connectivity index is 1.64. The second kappa shape index (κ2) is 9.34. The van der Waals surface area contributed by atoms with Gasteiger partial charge in [-0.3, -0.25) is 25.1 Å². The van der Waals surface area contributed by atoms with E-state index in [1.807, 2.05) is 26.8 Å². The van der Waals surface area contributed by atoms with Crippen molar-refractivity contribution in [3.63, 3.8) is 0 Å². The van der Waals surface area contributed by atoms with Crippen molar-refractivity contribution >= 4 is 40.5 Å². The molecule has 0 saturated carbocycles. The number of rotatable bonds is 6. The van der Waals surface area contributed by atoms with Gasteiger partial charge in [0.1, 0.15) is 11.0 Å². The quantitative estimate of drug-likeness (QED) is 0.450. The zero-order valence-corrected chi connectivity index (χ0v) is 19.1. The molecule has 31 heavy (non-hydrogen) atoms. The summed E-state index contributed by atoms with van der Waals surface area (Å²) in [5, 5.41) is 4.89. The molecule has 8 nitrogen and oxygen atoms in total. The Labute approximate surface area is 186 Å². The Morgan fingerprint density at radius 3 is 2.65 bits per heavy atom. The first-order chi connectivity index (χ1) is 14.7. The Morgan fingerprint density at radius 1 is 1.23 bits per heavy atom. The van der Waals surface area contributed by atoms with Gasteiger partial charge in [0.2, 0.25) is 0 Å². The molecule has 2 aromatic heterocycles. The van der Waals surface area contributed by atoms with Crippen LogP contribution in [-0.4, -0.2) is 31.1 Å². The first kappa shape index (κ1) is 22.6. The van der Waals surface area contributed by atoms with Crippen LogP contribution in [0, 0.1) is 19.8 Å². The molecule has 0 radical (unpaired) electrons. The van der Waals surface area contributed by atoms with Gasteiger partial charge in [0.25, 0.3) is 11.8 Å². The molecule has 0 aliphatic rings. The monoisotopic (exact) mass is 442 g/mol. The van der Waals surface area contributed by atoms with Crippen molar-refractivity contribution in [1.82, 2.24) is 30.2 Å². The number of amides is 2. The highest BCUT2D eigenvalue weighted by Crippen LogP contribution is 2.22. The molecule has 2 heterocycles. The van der Waals surface area contributed by atoms with Crippen molar-refractivity contribution in [3.05, 3.63) is 52.1 Å². The van der Waals surface area contributed by atoms with Crippen LogP contribution in [0.3, 0.4) is 0 Å². The maximum Gasteiger partial charge on any atom is 0.269 e. The summed E-state index contributed by atoms with van der Waals surface area (Å²) in [7, 11) is 0. The molecule has 0 fully saturated rings. The number of nitrogens with one attached hydrogen (secondary N) is 2. The maximum atomic E-state index is 12.4. The first-order valence-corrected chi connectivity index (χ1v) is 10.6. The molecular weight excluding hydrogens is 416 g/mol. The predicted molar refractivity (Wildman–Crippen MR) is 122 cm³/mol. The molecule has 0 aliphatic heterocycles. The smallest absolute Gasteiger partial charge is 0.269 e. The third-order valence-corrected chi connectivity index (χ3v) is 5.26. The van der Waals surface area contributed by atoms with Crippen molar-refractivity contribution in [1.29, 1.82) is 0 Å². The van der Waals surface area contributed by atoms with Crippen molar-refractivity contribution in [2.24, 2.45) is 5.92 Å². The number of aromatic nitrogens is 4. The number of fused-ring (bicyclic) bond motifs is 1. The van der Waals surface area contributed by atoms with Gasteiger partial charge in [0, 0.05) is 30.3 Å². The number of halogens is 1. The van der Waals surface area contributed by atoms with E-state index in [9.17, 15) is 9.59 Å². The third-order valence-electron chi connectivity index (χ3n) is 4.87. The highest BCUT2D eigenvalue weighted by molar-refractivity contribution is 6.31. The number of carbonyl (C=O) groups is 2. The minimum atomic E-state index is -0.479. The van der Waals surface area contributed by atoms with E-state index >= 15 is 0 Å². The molecule has 164 valence electrons. The standard InChI is InChI=1S/C22H27ClN6O2/c1-6-28-15(5)24-18-11-16(7-9-19(18)28)22(31)26-25-20(30)10-8-17-14(4)27-29(21(17)23)12-13(2)3/h7-11,13H,6,12H2,1-5H3,(H,25,30)(H,26,31). The molecule has 3 rings (SSSR count). The van der Waals surface area contributed by atoms with Gasteiger partial charge in [-0.15, -0.1) is 0 Å². The largest absolute Gasteiger partial charge is 0.329 e. The number of hydrogen-bond acceptors (Lipinski definition) is 4. The van der Waals surface area contributed by atoms with Crippen LogP contribution in [0.4, 0.5) is 0 Å². The summed E-state index contributed by atoms with van der Waals surface area (Å²) >= 11 is 6.38. The summed E-state index contributed by atoms with van der Waals surface area (Å²) in [6.45, 7) is 11.4. The van der Waals surface area contributed by atoms with Gasteiger partial charge in [0.05, 0.1) is 16.7 Å². The molecule has 2 N–H and O–H groups in total.